The highest BCUT2D eigenvalue weighted by Gasteiger charge is 2.35. The molecular formula is C31H40. The average molecular weight is 413 g/mol. The maximum atomic E-state index is 2.32. The third-order valence-electron chi connectivity index (χ3n) is 6.71. The van der Waals surface area contributed by atoms with Gasteiger partial charge < -0.3 is 0 Å². The van der Waals surface area contributed by atoms with Gasteiger partial charge in [-0.3, -0.25) is 0 Å². The van der Waals surface area contributed by atoms with Crippen LogP contribution in [0.3, 0.4) is 0 Å². The van der Waals surface area contributed by atoms with Gasteiger partial charge in [0.05, 0.1) is 0 Å². The number of rotatable bonds is 14. The van der Waals surface area contributed by atoms with Gasteiger partial charge in [0.2, 0.25) is 0 Å². The van der Waals surface area contributed by atoms with E-state index in [1.54, 1.807) is 0 Å². The lowest BCUT2D eigenvalue weighted by molar-refractivity contribution is 0.493. The summed E-state index contributed by atoms with van der Waals surface area (Å²) in [4.78, 5) is 0. The Hall–Kier alpha value is -2.34. The van der Waals surface area contributed by atoms with E-state index in [4.69, 9.17) is 0 Å². The molecule has 0 radical (unpaired) electrons. The molecule has 0 unspecified atom stereocenters. The lowest BCUT2D eigenvalue weighted by atomic mass is 9.66. The maximum absolute atomic E-state index is 2.32. The number of hydrogen-bond donors (Lipinski definition) is 0. The summed E-state index contributed by atoms with van der Waals surface area (Å²) in [6.45, 7) is 2.29. The molecule has 0 spiro atoms. The van der Waals surface area contributed by atoms with E-state index in [2.05, 4.69) is 97.9 Å². The molecule has 0 N–H and O–H groups in total. The lowest BCUT2D eigenvalue weighted by Crippen LogP contribution is -2.29. The van der Waals surface area contributed by atoms with Gasteiger partial charge in [0, 0.05) is 5.41 Å². The van der Waals surface area contributed by atoms with Gasteiger partial charge in [-0.1, -0.05) is 162 Å². The molecule has 0 fully saturated rings. The Bertz CT molecular complexity index is 723. The van der Waals surface area contributed by atoms with Gasteiger partial charge in [0.25, 0.3) is 0 Å². The molecule has 0 heterocycles. The van der Waals surface area contributed by atoms with E-state index >= 15 is 0 Å². The molecule has 0 saturated heterocycles. The quantitative estimate of drug-likeness (QED) is 0.183. The van der Waals surface area contributed by atoms with Crippen LogP contribution in [0.25, 0.3) is 0 Å². The van der Waals surface area contributed by atoms with Gasteiger partial charge >= 0.3 is 0 Å². The first-order chi connectivity index (χ1) is 15.4. The summed E-state index contributed by atoms with van der Waals surface area (Å²) >= 11 is 0. The highest BCUT2D eigenvalue weighted by atomic mass is 14.4. The van der Waals surface area contributed by atoms with E-state index in [0.29, 0.717) is 0 Å². The zero-order valence-corrected chi connectivity index (χ0v) is 19.4. The minimum Gasteiger partial charge on any atom is -0.0654 e. The van der Waals surface area contributed by atoms with Crippen LogP contribution in [-0.4, -0.2) is 0 Å². The molecule has 0 aliphatic carbocycles. The van der Waals surface area contributed by atoms with Crippen LogP contribution in [0.2, 0.25) is 0 Å². The Morgan fingerprint density at radius 2 is 0.742 bits per heavy atom. The Labute approximate surface area is 190 Å². The molecule has 0 nitrogen and oxygen atoms in total. The molecule has 3 aromatic carbocycles. The van der Waals surface area contributed by atoms with Crippen molar-refractivity contribution in [1.29, 1.82) is 0 Å². The first-order valence-corrected chi connectivity index (χ1v) is 12.5. The summed E-state index contributed by atoms with van der Waals surface area (Å²) in [5.74, 6) is 0. The molecule has 0 aromatic heterocycles. The van der Waals surface area contributed by atoms with E-state index < -0.39 is 0 Å². The van der Waals surface area contributed by atoms with Gasteiger partial charge in [-0.15, -0.1) is 0 Å². The largest absolute Gasteiger partial charge is 0.0654 e. The van der Waals surface area contributed by atoms with Gasteiger partial charge in [-0.05, 0) is 23.1 Å². The van der Waals surface area contributed by atoms with Crippen LogP contribution in [-0.2, 0) is 5.41 Å². The van der Waals surface area contributed by atoms with Gasteiger partial charge in [0.1, 0.15) is 0 Å². The van der Waals surface area contributed by atoms with E-state index in [0.717, 1.165) is 6.42 Å². The van der Waals surface area contributed by atoms with Crippen LogP contribution in [0.15, 0.2) is 91.0 Å². The molecule has 0 bridgehead atoms. The second-order valence-corrected chi connectivity index (χ2v) is 8.94. The van der Waals surface area contributed by atoms with Crippen LogP contribution in [0, 0.1) is 0 Å². The van der Waals surface area contributed by atoms with Crippen LogP contribution < -0.4 is 0 Å². The minimum absolute atomic E-state index is 0.0794. The average Bonchev–Trinajstić information content (AvgIpc) is 2.84. The molecule has 3 aromatic rings. The van der Waals surface area contributed by atoms with E-state index in [1.165, 1.54) is 80.9 Å². The molecule has 0 saturated carbocycles. The number of benzene rings is 3. The fraction of sp³-hybridized carbons (Fsp3) is 0.419. The van der Waals surface area contributed by atoms with Crippen molar-refractivity contribution in [3.05, 3.63) is 108 Å². The van der Waals surface area contributed by atoms with Crippen LogP contribution in [0.5, 0.6) is 0 Å². The zero-order valence-electron chi connectivity index (χ0n) is 19.4. The predicted octanol–water partition coefficient (Wildman–Crippen LogP) is 9.33. The van der Waals surface area contributed by atoms with Crippen LogP contribution >= 0.6 is 0 Å². The van der Waals surface area contributed by atoms with E-state index in [-0.39, 0.29) is 5.41 Å². The molecule has 0 aliphatic rings. The summed E-state index contributed by atoms with van der Waals surface area (Å²) in [6, 6.07) is 33.4. The van der Waals surface area contributed by atoms with Crippen molar-refractivity contribution in [3.8, 4) is 0 Å². The molecule has 164 valence electrons. The molecule has 3 rings (SSSR count). The zero-order chi connectivity index (χ0) is 21.6. The summed E-state index contributed by atoms with van der Waals surface area (Å²) in [5, 5.41) is 0. The standard InChI is InChI=1S/C31H40/c1-2-3-4-5-6-7-8-9-10-20-27-31(28-21-14-11-15-22-28,29-23-16-12-17-24-29)30-25-18-13-19-26-30/h11-19,21-26H,2-10,20,27H2,1H3. The van der Waals surface area contributed by atoms with Gasteiger partial charge in [-0.25, -0.2) is 0 Å². The second kappa shape index (κ2) is 13.2. The predicted molar refractivity (Wildman–Crippen MR) is 136 cm³/mol. The third kappa shape index (κ3) is 6.57. The van der Waals surface area contributed by atoms with E-state index in [1.807, 2.05) is 0 Å². The third-order valence-corrected chi connectivity index (χ3v) is 6.71. The first-order valence-electron chi connectivity index (χ1n) is 12.5. The number of hydrogen-bond acceptors (Lipinski definition) is 0. The van der Waals surface area contributed by atoms with Crippen LogP contribution in [0.4, 0.5) is 0 Å². The molecule has 0 aliphatic heterocycles. The minimum atomic E-state index is -0.0794. The topological polar surface area (TPSA) is 0 Å². The first kappa shape index (κ1) is 23.3. The van der Waals surface area contributed by atoms with Crippen molar-refractivity contribution in [3.63, 3.8) is 0 Å². The highest BCUT2D eigenvalue weighted by molar-refractivity contribution is 5.50. The fourth-order valence-corrected chi connectivity index (χ4v) is 4.98. The van der Waals surface area contributed by atoms with Crippen molar-refractivity contribution < 1.29 is 0 Å². The molecule has 0 atom stereocenters. The summed E-state index contributed by atoms with van der Waals surface area (Å²) in [7, 11) is 0. The van der Waals surface area contributed by atoms with Gasteiger partial charge in [-0.2, -0.15) is 0 Å². The SMILES string of the molecule is CCCCCCCCCCCCC(c1ccccc1)(c1ccccc1)c1ccccc1. The monoisotopic (exact) mass is 412 g/mol. The normalized spacial score (nSPS) is 11.5. The lowest BCUT2D eigenvalue weighted by Gasteiger charge is -2.36. The fourth-order valence-electron chi connectivity index (χ4n) is 4.98. The Morgan fingerprint density at radius 1 is 0.419 bits per heavy atom. The Balaban J connectivity index is 1.70. The Morgan fingerprint density at radius 3 is 1.10 bits per heavy atom. The van der Waals surface area contributed by atoms with Crippen molar-refractivity contribution >= 4 is 0 Å². The summed E-state index contributed by atoms with van der Waals surface area (Å²) in [6.07, 6.45) is 14.9. The molecule has 0 heteroatoms. The number of unbranched alkanes of at least 4 members (excludes halogenated alkanes) is 9. The summed E-state index contributed by atoms with van der Waals surface area (Å²) in [5.41, 5.74) is 4.14. The van der Waals surface area contributed by atoms with Crippen LogP contribution in [0.1, 0.15) is 94.2 Å². The van der Waals surface area contributed by atoms with Gasteiger partial charge in [0.15, 0.2) is 0 Å². The van der Waals surface area contributed by atoms with Crippen molar-refractivity contribution in [2.24, 2.45) is 0 Å². The smallest absolute Gasteiger partial charge is 0.0451 e. The maximum Gasteiger partial charge on any atom is 0.0451 e. The molecule has 31 heavy (non-hydrogen) atoms. The summed E-state index contributed by atoms with van der Waals surface area (Å²) < 4.78 is 0. The Kier molecular flexibility index (Phi) is 9.90. The second-order valence-electron chi connectivity index (χ2n) is 8.94. The highest BCUT2D eigenvalue weighted by Crippen LogP contribution is 2.43. The van der Waals surface area contributed by atoms with E-state index in [9.17, 15) is 0 Å². The van der Waals surface area contributed by atoms with Crippen molar-refractivity contribution in [1.82, 2.24) is 0 Å². The molecule has 0 amide bonds. The van der Waals surface area contributed by atoms with Crippen molar-refractivity contribution in [2.45, 2.75) is 83.0 Å². The molecular weight excluding hydrogens is 372 g/mol. The van der Waals surface area contributed by atoms with Crippen molar-refractivity contribution in [2.75, 3.05) is 0 Å².